The molecule has 202 valence electrons. The van der Waals surface area contributed by atoms with Crippen LogP contribution in [0.3, 0.4) is 0 Å². The Bertz CT molecular complexity index is 1220. The van der Waals surface area contributed by atoms with Gasteiger partial charge in [-0.1, -0.05) is 0 Å². The molecule has 3 aliphatic rings. The van der Waals surface area contributed by atoms with E-state index < -0.39 is 30.1 Å². The van der Waals surface area contributed by atoms with E-state index >= 15 is 0 Å². The molecule has 5 atom stereocenters. The molecule has 1 unspecified atom stereocenters. The van der Waals surface area contributed by atoms with Gasteiger partial charge in [0, 0.05) is 42.0 Å². The lowest BCUT2D eigenvalue weighted by Gasteiger charge is -2.41. The maximum absolute atomic E-state index is 13.7. The number of furan rings is 1. The van der Waals surface area contributed by atoms with E-state index in [0.29, 0.717) is 41.9 Å². The zero-order valence-corrected chi connectivity index (χ0v) is 20.9. The third-order valence-electron chi connectivity index (χ3n) is 7.27. The number of carbonyl (C=O) groups excluding carboxylic acids is 3. The van der Waals surface area contributed by atoms with Crippen LogP contribution in [0.15, 0.2) is 46.8 Å². The first-order valence-electron chi connectivity index (χ1n) is 12.5. The Labute approximate surface area is 219 Å². The van der Waals surface area contributed by atoms with Crippen LogP contribution in [-0.2, 0) is 20.9 Å². The van der Waals surface area contributed by atoms with Crippen LogP contribution in [0.2, 0.25) is 0 Å². The maximum atomic E-state index is 13.7. The molecule has 1 aliphatic carbocycles. The highest BCUT2D eigenvalue weighted by atomic mass is 16.5. The minimum absolute atomic E-state index is 0.0171. The molecular weight excluding hydrogens is 496 g/mol. The molecule has 5 rings (SSSR count). The minimum Gasteiger partial charge on any atom is -0.493 e. The number of nitrogens with one attached hydrogen (secondary N) is 1. The van der Waals surface area contributed by atoms with Crippen molar-refractivity contribution in [3.63, 3.8) is 0 Å². The number of aldehydes is 1. The molecule has 1 fully saturated rings. The predicted molar refractivity (Wildman–Crippen MR) is 132 cm³/mol. The number of hydrogen-bond donors (Lipinski definition) is 3. The minimum atomic E-state index is -1.22. The molecule has 0 bridgehead atoms. The van der Waals surface area contributed by atoms with Crippen molar-refractivity contribution in [3.05, 3.63) is 59.1 Å². The van der Waals surface area contributed by atoms with Gasteiger partial charge in [0.25, 0.3) is 0 Å². The average molecular weight is 527 g/mol. The number of aliphatic hydroxyl groups excluding tert-OH is 2. The fourth-order valence-corrected chi connectivity index (χ4v) is 5.43. The van der Waals surface area contributed by atoms with E-state index in [1.807, 2.05) is 0 Å². The first kappa shape index (κ1) is 26.0. The van der Waals surface area contributed by atoms with Crippen molar-refractivity contribution in [2.45, 2.75) is 37.1 Å². The summed E-state index contributed by atoms with van der Waals surface area (Å²) in [5.41, 5.74) is 1.83. The van der Waals surface area contributed by atoms with Crippen molar-refractivity contribution in [1.29, 1.82) is 0 Å². The van der Waals surface area contributed by atoms with Gasteiger partial charge in [0.05, 0.1) is 50.7 Å². The summed E-state index contributed by atoms with van der Waals surface area (Å²) in [6.45, 7) is 0.635. The van der Waals surface area contributed by atoms with E-state index in [-0.39, 0.29) is 43.7 Å². The van der Waals surface area contributed by atoms with Crippen LogP contribution in [0.25, 0.3) is 0 Å². The number of rotatable bonds is 9. The fourth-order valence-electron chi connectivity index (χ4n) is 5.43. The van der Waals surface area contributed by atoms with Gasteiger partial charge in [-0.2, -0.15) is 0 Å². The number of fused-ring (bicyclic) bond motifs is 3. The number of ether oxygens (including phenoxy) is 3. The van der Waals surface area contributed by atoms with Gasteiger partial charge in [0.1, 0.15) is 18.5 Å². The van der Waals surface area contributed by atoms with Crippen LogP contribution >= 0.6 is 0 Å². The highest BCUT2D eigenvalue weighted by Gasteiger charge is 2.52. The Kier molecular flexibility index (Phi) is 7.50. The molecule has 2 aliphatic heterocycles. The molecule has 11 heteroatoms. The third-order valence-corrected chi connectivity index (χ3v) is 7.27. The van der Waals surface area contributed by atoms with Crippen LogP contribution in [0.1, 0.15) is 33.8 Å². The normalized spacial score (nSPS) is 25.6. The molecule has 38 heavy (non-hydrogen) atoms. The van der Waals surface area contributed by atoms with Crippen molar-refractivity contribution < 1.29 is 43.2 Å². The Hall–Kier alpha value is -3.67. The molecule has 1 saturated heterocycles. The molecule has 3 heterocycles. The topological polar surface area (TPSA) is 148 Å². The van der Waals surface area contributed by atoms with Crippen LogP contribution in [0, 0.1) is 5.92 Å². The lowest BCUT2D eigenvalue weighted by atomic mass is 9.77. The lowest BCUT2D eigenvalue weighted by Crippen LogP contribution is -2.56. The van der Waals surface area contributed by atoms with Crippen LogP contribution in [0.4, 0.5) is 0 Å². The van der Waals surface area contributed by atoms with Crippen molar-refractivity contribution >= 4 is 18.1 Å². The smallest absolute Gasteiger partial charge is 0.247 e. The summed E-state index contributed by atoms with van der Waals surface area (Å²) in [5.74, 6) is -1.18. The molecule has 11 nitrogen and oxygen atoms in total. The predicted octanol–water partition coefficient (Wildman–Crippen LogP) is 0.789. The molecule has 0 radical (unpaired) electrons. The number of hydrogen-bond acceptors (Lipinski definition) is 9. The van der Waals surface area contributed by atoms with Crippen molar-refractivity contribution in [2.24, 2.45) is 5.92 Å². The summed E-state index contributed by atoms with van der Waals surface area (Å²) in [6, 6.07) is 3.95. The Morgan fingerprint density at radius 3 is 2.82 bits per heavy atom. The highest BCUT2D eigenvalue weighted by molar-refractivity contribution is 5.96. The van der Waals surface area contributed by atoms with Crippen molar-refractivity contribution in [1.82, 2.24) is 10.2 Å². The number of carbonyl (C=O) groups is 3. The maximum Gasteiger partial charge on any atom is 0.247 e. The second-order valence-corrected chi connectivity index (χ2v) is 9.56. The molecule has 2 amide bonds. The Morgan fingerprint density at radius 2 is 2.16 bits per heavy atom. The Balaban J connectivity index is 1.59. The average Bonchev–Trinajstić information content (AvgIpc) is 3.71. The SMILES string of the molecule is COc1cc(C=O)cc2c1O[C@@H]1[C@@H](O)[C@H](N(Cc3ccoc3)C(=O)C3CCOC3)C=C(C(=O)NCCO)[C@H]21. The van der Waals surface area contributed by atoms with Gasteiger partial charge in [-0.3, -0.25) is 14.4 Å². The standard InChI is InChI=1S/C27H30N2O9/c1-35-21-9-16(12-31)8-18-22-19(26(33)28-4-5-30)10-20(23(32)25(22)38-24(18)21)29(11-15-2-6-36-13-15)27(34)17-3-7-37-14-17/h2,6,8-10,12-13,17,20,22-23,25,30,32H,3-5,7,11,14H2,1H3,(H,28,33)/t17?,20-,22+,23+,25+/m1/s1. The van der Waals surface area contributed by atoms with E-state index in [1.165, 1.54) is 30.6 Å². The van der Waals surface area contributed by atoms with Gasteiger partial charge in [-0.25, -0.2) is 0 Å². The quantitative estimate of drug-likeness (QED) is 0.403. The van der Waals surface area contributed by atoms with E-state index in [9.17, 15) is 24.6 Å². The molecular formula is C27H30N2O9. The lowest BCUT2D eigenvalue weighted by molar-refractivity contribution is -0.142. The van der Waals surface area contributed by atoms with Gasteiger partial charge in [-0.15, -0.1) is 0 Å². The monoisotopic (exact) mass is 526 g/mol. The fraction of sp³-hybridized carbons (Fsp3) is 0.444. The van der Waals surface area contributed by atoms with E-state index in [4.69, 9.17) is 18.6 Å². The van der Waals surface area contributed by atoms with Gasteiger partial charge in [0.15, 0.2) is 11.5 Å². The first-order chi connectivity index (χ1) is 18.5. The van der Waals surface area contributed by atoms with E-state index in [0.717, 1.165) is 5.56 Å². The second-order valence-electron chi connectivity index (χ2n) is 9.56. The van der Waals surface area contributed by atoms with Crippen LogP contribution < -0.4 is 14.8 Å². The number of nitrogens with zero attached hydrogens (tertiary/aromatic N) is 1. The summed E-state index contributed by atoms with van der Waals surface area (Å²) in [5, 5.41) is 23.6. The summed E-state index contributed by atoms with van der Waals surface area (Å²) in [4.78, 5) is 40.2. The van der Waals surface area contributed by atoms with Gasteiger partial charge in [0.2, 0.25) is 11.8 Å². The molecule has 1 aromatic carbocycles. The largest absolute Gasteiger partial charge is 0.493 e. The molecule has 1 aromatic heterocycles. The second kappa shape index (κ2) is 11.0. The Morgan fingerprint density at radius 1 is 1.32 bits per heavy atom. The molecule has 3 N–H and O–H groups in total. The summed E-state index contributed by atoms with van der Waals surface area (Å²) < 4.78 is 22.3. The van der Waals surface area contributed by atoms with Gasteiger partial charge >= 0.3 is 0 Å². The van der Waals surface area contributed by atoms with Crippen LogP contribution in [0.5, 0.6) is 11.5 Å². The van der Waals surface area contributed by atoms with E-state index in [2.05, 4.69) is 5.32 Å². The number of aliphatic hydroxyl groups is 2. The number of methoxy groups -OCH3 is 1. The van der Waals surface area contributed by atoms with Crippen LogP contribution in [-0.4, -0.2) is 84.9 Å². The number of benzene rings is 1. The molecule has 2 aromatic rings. The summed E-state index contributed by atoms with van der Waals surface area (Å²) in [6.07, 6.45) is 3.68. The third kappa shape index (κ3) is 4.68. The molecule has 0 spiro atoms. The highest BCUT2D eigenvalue weighted by Crippen LogP contribution is 2.51. The molecule has 0 saturated carbocycles. The first-order valence-corrected chi connectivity index (χ1v) is 12.5. The van der Waals surface area contributed by atoms with E-state index in [1.54, 1.807) is 18.2 Å². The summed E-state index contributed by atoms with van der Waals surface area (Å²) >= 11 is 0. The van der Waals surface area contributed by atoms with Crippen molar-refractivity contribution in [2.75, 3.05) is 33.5 Å². The van der Waals surface area contributed by atoms with Gasteiger partial charge in [-0.05, 0) is 30.7 Å². The summed E-state index contributed by atoms with van der Waals surface area (Å²) in [7, 11) is 1.44. The zero-order chi connectivity index (χ0) is 26.8. The zero-order valence-electron chi connectivity index (χ0n) is 20.9. The van der Waals surface area contributed by atoms with Gasteiger partial charge < -0.3 is 39.1 Å². The van der Waals surface area contributed by atoms with Crippen molar-refractivity contribution in [3.8, 4) is 11.5 Å². The number of amides is 2.